The van der Waals surface area contributed by atoms with Gasteiger partial charge in [0.05, 0.1) is 6.20 Å². The minimum atomic E-state index is -0.192. The number of likely N-dealkylation sites (tertiary alicyclic amines) is 1. The first kappa shape index (κ1) is 14.0. The van der Waals surface area contributed by atoms with Crippen LogP contribution in [-0.4, -0.2) is 46.3 Å². The molecule has 0 unspecified atom stereocenters. The number of aromatic nitrogens is 2. The van der Waals surface area contributed by atoms with Crippen molar-refractivity contribution in [3.63, 3.8) is 0 Å². The van der Waals surface area contributed by atoms with Crippen LogP contribution in [0, 0.1) is 5.41 Å². The molecular formula is C15H20N4O2. The Labute approximate surface area is 124 Å². The average molecular weight is 288 g/mol. The van der Waals surface area contributed by atoms with Crippen LogP contribution in [0.25, 0.3) is 0 Å². The first-order valence-corrected chi connectivity index (χ1v) is 7.42. The Hall–Kier alpha value is -1.98. The summed E-state index contributed by atoms with van der Waals surface area (Å²) in [4.78, 5) is 33.8. The van der Waals surface area contributed by atoms with Gasteiger partial charge >= 0.3 is 0 Å². The van der Waals surface area contributed by atoms with Gasteiger partial charge in [0.1, 0.15) is 5.69 Å². The third-order valence-electron chi connectivity index (χ3n) is 4.95. The number of nitrogens with zero attached hydrogens (tertiary/aromatic N) is 3. The largest absolute Gasteiger partial charge is 0.350 e. The highest BCUT2D eigenvalue weighted by molar-refractivity contribution is 5.91. The number of carbonyl (C=O) groups is 2. The standard InChI is InChI=1S/C15H20N4O2/c1-19-12-3-2-5-15(12,6-4-13(19)20)10-18-14(21)11-9-16-7-8-17-11/h7-9,12H,2-6,10H2,1H3,(H,18,21)/t12-,15+/m1/s1. The van der Waals surface area contributed by atoms with Crippen molar-refractivity contribution < 1.29 is 9.59 Å². The van der Waals surface area contributed by atoms with Crippen molar-refractivity contribution in [2.75, 3.05) is 13.6 Å². The number of hydrogen-bond donors (Lipinski definition) is 1. The molecule has 1 saturated carbocycles. The Bertz CT molecular complexity index is 548. The van der Waals surface area contributed by atoms with Gasteiger partial charge < -0.3 is 10.2 Å². The molecule has 1 N–H and O–H groups in total. The van der Waals surface area contributed by atoms with Gasteiger partial charge in [-0.15, -0.1) is 0 Å². The molecule has 21 heavy (non-hydrogen) atoms. The molecule has 2 heterocycles. The average Bonchev–Trinajstić information content (AvgIpc) is 2.95. The van der Waals surface area contributed by atoms with Crippen LogP contribution in [0.1, 0.15) is 42.6 Å². The lowest BCUT2D eigenvalue weighted by molar-refractivity contribution is -0.139. The van der Waals surface area contributed by atoms with Gasteiger partial charge in [0, 0.05) is 43.9 Å². The number of piperidine rings is 1. The van der Waals surface area contributed by atoms with E-state index in [0.29, 0.717) is 18.7 Å². The maximum absolute atomic E-state index is 12.1. The minimum absolute atomic E-state index is 0.0283. The van der Waals surface area contributed by atoms with Gasteiger partial charge in [-0.2, -0.15) is 0 Å². The van der Waals surface area contributed by atoms with E-state index in [-0.39, 0.29) is 23.3 Å². The van der Waals surface area contributed by atoms with E-state index >= 15 is 0 Å². The topological polar surface area (TPSA) is 75.2 Å². The molecule has 3 rings (SSSR count). The van der Waals surface area contributed by atoms with E-state index in [9.17, 15) is 9.59 Å². The van der Waals surface area contributed by atoms with Crippen molar-refractivity contribution in [1.29, 1.82) is 0 Å². The Morgan fingerprint density at radius 2 is 2.33 bits per heavy atom. The quantitative estimate of drug-likeness (QED) is 0.900. The zero-order chi connectivity index (χ0) is 14.9. The van der Waals surface area contributed by atoms with E-state index in [0.717, 1.165) is 25.7 Å². The number of carbonyl (C=O) groups excluding carboxylic acids is 2. The molecule has 1 aromatic rings. The summed E-state index contributed by atoms with van der Waals surface area (Å²) in [7, 11) is 1.89. The molecule has 6 heteroatoms. The fourth-order valence-electron chi connectivity index (χ4n) is 3.78. The number of fused-ring (bicyclic) bond motifs is 1. The second-order valence-electron chi connectivity index (χ2n) is 6.05. The third-order valence-corrected chi connectivity index (χ3v) is 4.95. The van der Waals surface area contributed by atoms with Gasteiger partial charge in [-0.25, -0.2) is 4.98 Å². The summed E-state index contributed by atoms with van der Waals surface area (Å²) in [6, 6.07) is 0.251. The van der Waals surface area contributed by atoms with Gasteiger partial charge in [0.25, 0.3) is 5.91 Å². The lowest BCUT2D eigenvalue weighted by Crippen LogP contribution is -2.54. The van der Waals surface area contributed by atoms with Crippen LogP contribution >= 0.6 is 0 Å². The molecule has 1 saturated heterocycles. The molecular weight excluding hydrogens is 268 g/mol. The molecule has 1 aliphatic carbocycles. The third kappa shape index (κ3) is 2.50. The van der Waals surface area contributed by atoms with Crippen LogP contribution in [-0.2, 0) is 4.79 Å². The van der Waals surface area contributed by atoms with Gasteiger partial charge in [-0.3, -0.25) is 14.6 Å². The normalized spacial score (nSPS) is 28.3. The SMILES string of the molecule is CN1C(=O)CC[C@]2(CNC(=O)c3cnccn3)CCC[C@@H]12. The van der Waals surface area contributed by atoms with Crippen molar-refractivity contribution in [3.8, 4) is 0 Å². The van der Waals surface area contributed by atoms with E-state index < -0.39 is 0 Å². The molecule has 1 aromatic heterocycles. The molecule has 2 fully saturated rings. The summed E-state index contributed by atoms with van der Waals surface area (Å²) >= 11 is 0. The number of rotatable bonds is 3. The van der Waals surface area contributed by atoms with Gasteiger partial charge in [-0.05, 0) is 19.3 Å². The lowest BCUT2D eigenvalue weighted by atomic mass is 9.74. The fourth-order valence-corrected chi connectivity index (χ4v) is 3.78. The summed E-state index contributed by atoms with van der Waals surface area (Å²) < 4.78 is 0. The van der Waals surface area contributed by atoms with Crippen molar-refractivity contribution in [3.05, 3.63) is 24.3 Å². The van der Waals surface area contributed by atoms with E-state index in [1.54, 1.807) is 6.20 Å². The highest BCUT2D eigenvalue weighted by Crippen LogP contribution is 2.47. The van der Waals surface area contributed by atoms with Gasteiger partial charge in [-0.1, -0.05) is 6.42 Å². The van der Waals surface area contributed by atoms with E-state index in [2.05, 4.69) is 15.3 Å². The van der Waals surface area contributed by atoms with Crippen LogP contribution in [0.5, 0.6) is 0 Å². The highest BCUT2D eigenvalue weighted by atomic mass is 16.2. The predicted molar refractivity (Wildman–Crippen MR) is 76.4 cm³/mol. The molecule has 0 spiro atoms. The fraction of sp³-hybridized carbons (Fsp3) is 0.600. The second-order valence-corrected chi connectivity index (χ2v) is 6.05. The molecule has 6 nitrogen and oxygen atoms in total. The molecule has 112 valence electrons. The predicted octanol–water partition coefficient (Wildman–Crippen LogP) is 0.997. The summed E-state index contributed by atoms with van der Waals surface area (Å²) in [5.41, 5.74) is 0.365. The summed E-state index contributed by atoms with van der Waals surface area (Å²) in [5.74, 6) is 0.0282. The van der Waals surface area contributed by atoms with Crippen molar-refractivity contribution in [1.82, 2.24) is 20.2 Å². The zero-order valence-corrected chi connectivity index (χ0v) is 12.2. The monoisotopic (exact) mass is 288 g/mol. The van der Waals surface area contributed by atoms with Gasteiger partial charge in [0.2, 0.25) is 5.91 Å². The van der Waals surface area contributed by atoms with Crippen molar-refractivity contribution in [2.24, 2.45) is 5.41 Å². The first-order chi connectivity index (χ1) is 10.1. The van der Waals surface area contributed by atoms with Crippen LogP contribution in [0.4, 0.5) is 0 Å². The van der Waals surface area contributed by atoms with Gasteiger partial charge in [0.15, 0.2) is 0 Å². The Morgan fingerprint density at radius 1 is 1.48 bits per heavy atom. The van der Waals surface area contributed by atoms with Crippen molar-refractivity contribution >= 4 is 11.8 Å². The Balaban J connectivity index is 1.69. The van der Waals surface area contributed by atoms with Crippen LogP contribution < -0.4 is 5.32 Å². The maximum atomic E-state index is 12.1. The van der Waals surface area contributed by atoms with E-state index in [4.69, 9.17) is 0 Å². The maximum Gasteiger partial charge on any atom is 0.271 e. The molecule has 2 aliphatic rings. The summed E-state index contributed by atoms with van der Waals surface area (Å²) in [6.07, 6.45) is 9.18. The van der Waals surface area contributed by atoms with Crippen LogP contribution in [0.3, 0.4) is 0 Å². The lowest BCUT2D eigenvalue weighted by Gasteiger charge is -2.44. The zero-order valence-electron chi connectivity index (χ0n) is 12.2. The van der Waals surface area contributed by atoms with E-state index in [1.165, 1.54) is 12.4 Å². The highest BCUT2D eigenvalue weighted by Gasteiger charge is 2.49. The number of nitrogens with one attached hydrogen (secondary N) is 1. The molecule has 0 aromatic carbocycles. The van der Waals surface area contributed by atoms with Crippen molar-refractivity contribution in [2.45, 2.75) is 38.1 Å². The molecule has 0 bridgehead atoms. The first-order valence-electron chi connectivity index (χ1n) is 7.42. The summed E-state index contributed by atoms with van der Waals surface area (Å²) in [6.45, 7) is 0.602. The molecule has 2 amide bonds. The summed E-state index contributed by atoms with van der Waals surface area (Å²) in [5, 5.41) is 2.99. The second kappa shape index (κ2) is 5.42. The van der Waals surface area contributed by atoms with Crippen LogP contribution in [0.15, 0.2) is 18.6 Å². The number of hydrogen-bond acceptors (Lipinski definition) is 4. The van der Waals surface area contributed by atoms with Crippen LogP contribution in [0.2, 0.25) is 0 Å². The molecule has 2 atom stereocenters. The molecule has 1 aliphatic heterocycles. The number of amides is 2. The Kier molecular flexibility index (Phi) is 3.61. The molecule has 0 radical (unpaired) electrons. The van der Waals surface area contributed by atoms with E-state index in [1.807, 2.05) is 11.9 Å². The minimum Gasteiger partial charge on any atom is -0.350 e. The smallest absolute Gasteiger partial charge is 0.271 e. The Morgan fingerprint density at radius 3 is 3.10 bits per heavy atom.